The van der Waals surface area contributed by atoms with E-state index in [9.17, 15) is 14.0 Å². The Morgan fingerprint density at radius 3 is 2.58 bits per heavy atom. The minimum Gasteiger partial charge on any atom is -0.347 e. The minimum atomic E-state index is -0.398. The summed E-state index contributed by atoms with van der Waals surface area (Å²) in [4.78, 5) is 23.8. The number of amides is 2. The molecule has 0 unspecified atom stereocenters. The smallest absolute Gasteiger partial charge is 0.243 e. The normalized spacial score (nSPS) is 10.3. The summed E-state index contributed by atoms with van der Waals surface area (Å²) in [5.74, 6) is -1.09. The number of rotatable bonds is 6. The van der Waals surface area contributed by atoms with Gasteiger partial charge in [-0.3, -0.25) is 9.59 Å². The van der Waals surface area contributed by atoms with Crippen LogP contribution in [0.1, 0.15) is 5.56 Å². The molecule has 2 N–H and O–H groups in total. The van der Waals surface area contributed by atoms with Gasteiger partial charge in [0.05, 0.1) is 13.0 Å². The molecule has 6 nitrogen and oxygen atoms in total. The van der Waals surface area contributed by atoms with E-state index < -0.39 is 5.82 Å². The fraction of sp³-hybridized carbons (Fsp3) is 0.111. The van der Waals surface area contributed by atoms with Crippen molar-refractivity contribution in [3.63, 3.8) is 0 Å². The van der Waals surface area contributed by atoms with Crippen molar-refractivity contribution in [2.24, 2.45) is 0 Å². The lowest BCUT2D eigenvalue weighted by molar-refractivity contribution is -0.123. The summed E-state index contributed by atoms with van der Waals surface area (Å²) in [7, 11) is 0. The van der Waals surface area contributed by atoms with E-state index in [1.165, 1.54) is 29.7 Å². The van der Waals surface area contributed by atoms with Crippen molar-refractivity contribution >= 4 is 29.0 Å². The maximum Gasteiger partial charge on any atom is 0.243 e. The lowest BCUT2D eigenvalue weighted by atomic mass is 10.1. The molecule has 132 valence electrons. The van der Waals surface area contributed by atoms with Crippen LogP contribution in [0.5, 0.6) is 0 Å². The van der Waals surface area contributed by atoms with Gasteiger partial charge in [-0.25, -0.2) is 4.39 Å². The van der Waals surface area contributed by atoms with Crippen LogP contribution < -0.4 is 10.6 Å². The van der Waals surface area contributed by atoms with Crippen LogP contribution in [-0.4, -0.2) is 27.9 Å². The number of carbonyl (C=O) groups excluding carboxylic acids is 2. The molecule has 1 heterocycles. The molecule has 0 radical (unpaired) electrons. The van der Waals surface area contributed by atoms with Crippen molar-refractivity contribution in [2.45, 2.75) is 6.42 Å². The molecule has 8 heteroatoms. The molecule has 1 aromatic heterocycles. The average Bonchev–Trinajstić information content (AvgIpc) is 3.15. The van der Waals surface area contributed by atoms with E-state index in [-0.39, 0.29) is 24.8 Å². The van der Waals surface area contributed by atoms with Crippen molar-refractivity contribution in [3.05, 3.63) is 65.3 Å². The SMILES string of the molecule is O=C(Cc1cccc(F)c1)NCC(=O)Nc1ccc(-c2csnn2)cc1. The van der Waals surface area contributed by atoms with Gasteiger partial charge < -0.3 is 10.6 Å². The van der Waals surface area contributed by atoms with Crippen LogP contribution in [0.2, 0.25) is 0 Å². The molecule has 3 rings (SSSR count). The number of aromatic nitrogens is 2. The number of benzene rings is 2. The number of halogens is 1. The largest absolute Gasteiger partial charge is 0.347 e. The van der Waals surface area contributed by atoms with Crippen molar-refractivity contribution in [2.75, 3.05) is 11.9 Å². The quantitative estimate of drug-likeness (QED) is 0.699. The van der Waals surface area contributed by atoms with E-state index >= 15 is 0 Å². The van der Waals surface area contributed by atoms with Gasteiger partial charge in [-0.2, -0.15) is 0 Å². The molecule has 2 amide bonds. The third-order valence-corrected chi connectivity index (χ3v) is 4.03. The molecule has 0 saturated carbocycles. The Morgan fingerprint density at radius 1 is 1.08 bits per heavy atom. The monoisotopic (exact) mass is 370 g/mol. The Balaban J connectivity index is 1.47. The zero-order valence-corrected chi connectivity index (χ0v) is 14.4. The standard InChI is InChI=1S/C18H15FN4O2S/c19-14-3-1-2-12(8-14)9-17(24)20-10-18(25)21-15-6-4-13(5-7-15)16-11-26-23-22-16/h1-8,11H,9-10H2,(H,20,24)(H,21,25). The first-order valence-electron chi connectivity index (χ1n) is 7.78. The van der Waals surface area contributed by atoms with E-state index in [1.54, 1.807) is 18.2 Å². The predicted octanol–water partition coefficient (Wildman–Crippen LogP) is 2.64. The lowest BCUT2D eigenvalue weighted by Crippen LogP contribution is -2.33. The Morgan fingerprint density at radius 2 is 1.88 bits per heavy atom. The number of hydrogen-bond donors (Lipinski definition) is 2. The number of nitrogens with zero attached hydrogens (tertiary/aromatic N) is 2. The molecule has 3 aromatic rings. The van der Waals surface area contributed by atoms with Gasteiger partial charge in [0.25, 0.3) is 0 Å². The van der Waals surface area contributed by atoms with Crippen molar-refractivity contribution in [3.8, 4) is 11.3 Å². The first kappa shape index (κ1) is 17.7. The van der Waals surface area contributed by atoms with Crippen LogP contribution in [0.3, 0.4) is 0 Å². The summed E-state index contributed by atoms with van der Waals surface area (Å²) in [5, 5.41) is 11.0. The maximum absolute atomic E-state index is 13.1. The molecule has 0 aliphatic heterocycles. The second kappa shape index (κ2) is 8.30. The lowest BCUT2D eigenvalue weighted by Gasteiger charge is -2.08. The van der Waals surface area contributed by atoms with Gasteiger partial charge in [-0.15, -0.1) is 5.10 Å². The molecule has 0 spiro atoms. The Kier molecular flexibility index (Phi) is 5.65. The van der Waals surface area contributed by atoms with Crippen LogP contribution in [0, 0.1) is 5.82 Å². The van der Waals surface area contributed by atoms with Crippen LogP contribution in [0.25, 0.3) is 11.3 Å². The van der Waals surface area contributed by atoms with E-state index in [0.717, 1.165) is 11.3 Å². The molecular formula is C18H15FN4O2S. The first-order valence-corrected chi connectivity index (χ1v) is 8.62. The predicted molar refractivity (Wildman–Crippen MR) is 97.1 cm³/mol. The average molecular weight is 370 g/mol. The Bertz CT molecular complexity index is 898. The van der Waals surface area contributed by atoms with Crippen LogP contribution >= 0.6 is 11.5 Å². The molecular weight excluding hydrogens is 355 g/mol. The van der Waals surface area contributed by atoms with Gasteiger partial charge in [0.2, 0.25) is 11.8 Å². The van der Waals surface area contributed by atoms with Crippen molar-refractivity contribution in [1.82, 2.24) is 14.9 Å². The van der Waals surface area contributed by atoms with Gasteiger partial charge in [0.15, 0.2) is 0 Å². The zero-order valence-electron chi connectivity index (χ0n) is 13.6. The van der Waals surface area contributed by atoms with Gasteiger partial charge in [0.1, 0.15) is 11.5 Å². The molecule has 2 aromatic carbocycles. The van der Waals surface area contributed by atoms with E-state index in [4.69, 9.17) is 0 Å². The zero-order chi connectivity index (χ0) is 18.4. The van der Waals surface area contributed by atoms with Crippen LogP contribution in [0.15, 0.2) is 53.9 Å². The fourth-order valence-corrected chi connectivity index (χ4v) is 2.76. The number of nitrogens with one attached hydrogen (secondary N) is 2. The number of hydrogen-bond acceptors (Lipinski definition) is 5. The fourth-order valence-electron chi connectivity index (χ4n) is 2.29. The molecule has 0 aliphatic carbocycles. The van der Waals surface area contributed by atoms with Gasteiger partial charge in [-0.1, -0.05) is 28.8 Å². The highest BCUT2D eigenvalue weighted by atomic mass is 32.1. The second-order valence-electron chi connectivity index (χ2n) is 5.50. The summed E-state index contributed by atoms with van der Waals surface area (Å²) in [5.41, 5.74) is 2.84. The molecule has 26 heavy (non-hydrogen) atoms. The molecule has 0 atom stereocenters. The summed E-state index contributed by atoms with van der Waals surface area (Å²) < 4.78 is 16.9. The summed E-state index contributed by atoms with van der Waals surface area (Å²) in [6.45, 7) is -0.161. The molecule has 0 aliphatic rings. The minimum absolute atomic E-state index is 0.0153. The summed E-state index contributed by atoms with van der Waals surface area (Å²) in [6.07, 6.45) is 0.0153. The topological polar surface area (TPSA) is 84.0 Å². The third-order valence-electron chi connectivity index (χ3n) is 3.52. The highest BCUT2D eigenvalue weighted by Crippen LogP contribution is 2.19. The van der Waals surface area contributed by atoms with E-state index in [0.29, 0.717) is 11.3 Å². The highest BCUT2D eigenvalue weighted by Gasteiger charge is 2.08. The second-order valence-corrected chi connectivity index (χ2v) is 6.11. The van der Waals surface area contributed by atoms with E-state index in [2.05, 4.69) is 20.2 Å². The van der Waals surface area contributed by atoms with E-state index in [1.807, 2.05) is 17.5 Å². The van der Waals surface area contributed by atoms with Crippen LogP contribution in [0.4, 0.5) is 10.1 Å². The maximum atomic E-state index is 13.1. The molecule has 0 saturated heterocycles. The Hall–Kier alpha value is -3.13. The third kappa shape index (κ3) is 4.93. The number of carbonyl (C=O) groups is 2. The van der Waals surface area contributed by atoms with Gasteiger partial charge >= 0.3 is 0 Å². The first-order chi connectivity index (χ1) is 12.6. The highest BCUT2D eigenvalue weighted by molar-refractivity contribution is 7.03. The van der Waals surface area contributed by atoms with Crippen molar-refractivity contribution < 1.29 is 14.0 Å². The number of anilines is 1. The van der Waals surface area contributed by atoms with Crippen molar-refractivity contribution in [1.29, 1.82) is 0 Å². The van der Waals surface area contributed by atoms with Gasteiger partial charge in [0, 0.05) is 16.6 Å². The Labute approximate surface area is 153 Å². The van der Waals surface area contributed by atoms with Crippen LogP contribution in [-0.2, 0) is 16.0 Å². The molecule has 0 fully saturated rings. The molecule has 0 bridgehead atoms. The summed E-state index contributed by atoms with van der Waals surface area (Å²) in [6, 6.07) is 13.0. The van der Waals surface area contributed by atoms with Gasteiger partial charge in [-0.05, 0) is 41.4 Å². The summed E-state index contributed by atoms with van der Waals surface area (Å²) >= 11 is 1.27.